The summed E-state index contributed by atoms with van der Waals surface area (Å²) in [7, 11) is -1.67. The van der Waals surface area contributed by atoms with Gasteiger partial charge in [-0.25, -0.2) is 13.1 Å². The second kappa shape index (κ2) is 5.61. The van der Waals surface area contributed by atoms with Crippen LogP contribution in [0.3, 0.4) is 0 Å². The molecule has 0 spiro atoms. The lowest BCUT2D eigenvalue weighted by Gasteiger charge is -2.10. The quantitative estimate of drug-likeness (QED) is 0.941. The first kappa shape index (κ1) is 15.7. The van der Waals surface area contributed by atoms with Gasteiger partial charge in [0, 0.05) is 24.8 Å². The lowest BCUT2D eigenvalue weighted by Crippen LogP contribution is -2.24. The average Bonchev–Trinajstić information content (AvgIpc) is 2.60. The van der Waals surface area contributed by atoms with Crippen LogP contribution in [0, 0.1) is 27.7 Å². The van der Waals surface area contributed by atoms with Crippen LogP contribution in [0.4, 0.5) is 0 Å². The molecule has 0 radical (unpaired) electrons. The van der Waals surface area contributed by atoms with Crippen molar-refractivity contribution in [3.63, 3.8) is 0 Å². The smallest absolute Gasteiger partial charge is 0.241 e. The number of hydrogen-bond acceptors (Lipinski definition) is 3. The third kappa shape index (κ3) is 3.16. The molecule has 0 bridgehead atoms. The number of hydrogen-bond donors (Lipinski definition) is 1. The largest absolute Gasteiger partial charge is 0.272 e. The fourth-order valence-electron chi connectivity index (χ4n) is 2.42. The SMILES string of the molecule is Cc1ccc(S(=O)(=O)NCc2c(C)nn(C)c2C)c(C)c1. The Balaban J connectivity index is 2.26. The standard InChI is InChI=1S/C15H21N3O2S/c1-10-6-7-15(11(2)8-10)21(19,20)16-9-14-12(3)17-18(5)13(14)4/h6-8,16H,9H2,1-5H3. The van der Waals surface area contributed by atoms with E-state index in [9.17, 15) is 8.42 Å². The van der Waals surface area contributed by atoms with Crippen LogP contribution in [0.15, 0.2) is 23.1 Å². The number of aryl methyl sites for hydroxylation is 4. The minimum absolute atomic E-state index is 0.251. The third-order valence-corrected chi connectivity index (χ3v) is 5.28. The third-order valence-electron chi connectivity index (χ3n) is 3.72. The summed E-state index contributed by atoms with van der Waals surface area (Å²) in [5.74, 6) is 0. The molecule has 0 unspecified atom stereocenters. The van der Waals surface area contributed by atoms with Crippen molar-refractivity contribution in [1.29, 1.82) is 0 Å². The minimum Gasteiger partial charge on any atom is -0.272 e. The number of nitrogens with zero attached hydrogens (tertiary/aromatic N) is 2. The van der Waals surface area contributed by atoms with Crippen molar-refractivity contribution in [3.8, 4) is 0 Å². The average molecular weight is 307 g/mol. The van der Waals surface area contributed by atoms with Crippen LogP contribution in [0.5, 0.6) is 0 Å². The van der Waals surface area contributed by atoms with Gasteiger partial charge in [0.1, 0.15) is 0 Å². The molecular formula is C15H21N3O2S. The first-order valence-corrected chi connectivity index (χ1v) is 8.26. The number of nitrogens with one attached hydrogen (secondary N) is 1. The molecule has 0 fully saturated rings. The van der Waals surface area contributed by atoms with E-state index in [-0.39, 0.29) is 6.54 Å². The van der Waals surface area contributed by atoms with Crippen LogP contribution in [-0.2, 0) is 23.6 Å². The highest BCUT2D eigenvalue weighted by atomic mass is 32.2. The molecule has 0 atom stereocenters. The first-order valence-electron chi connectivity index (χ1n) is 6.78. The second-order valence-electron chi connectivity index (χ2n) is 5.37. The van der Waals surface area contributed by atoms with E-state index in [4.69, 9.17) is 0 Å². The molecule has 0 aliphatic rings. The Bertz CT molecular complexity index is 776. The Morgan fingerprint density at radius 1 is 1.19 bits per heavy atom. The Kier molecular flexibility index (Phi) is 4.20. The maximum absolute atomic E-state index is 12.4. The summed E-state index contributed by atoms with van der Waals surface area (Å²) >= 11 is 0. The molecule has 5 nitrogen and oxygen atoms in total. The Labute approximate surface area is 126 Å². The Morgan fingerprint density at radius 2 is 1.86 bits per heavy atom. The van der Waals surface area contributed by atoms with E-state index in [1.165, 1.54) is 0 Å². The molecule has 0 aliphatic carbocycles. The molecule has 6 heteroatoms. The highest BCUT2D eigenvalue weighted by Gasteiger charge is 2.18. The summed E-state index contributed by atoms with van der Waals surface area (Å²) in [5, 5.41) is 4.30. The Morgan fingerprint density at radius 3 is 2.38 bits per heavy atom. The van der Waals surface area contributed by atoms with E-state index in [0.717, 1.165) is 28.1 Å². The van der Waals surface area contributed by atoms with E-state index in [0.29, 0.717) is 4.90 Å². The zero-order chi connectivity index (χ0) is 15.8. The number of benzene rings is 1. The monoisotopic (exact) mass is 307 g/mol. The van der Waals surface area contributed by atoms with Gasteiger partial charge in [0.25, 0.3) is 0 Å². The summed E-state index contributed by atoms with van der Waals surface area (Å²) in [4.78, 5) is 0.326. The van der Waals surface area contributed by atoms with Gasteiger partial charge in [0.15, 0.2) is 0 Å². The first-order chi connectivity index (χ1) is 9.72. The molecule has 0 aliphatic heterocycles. The van der Waals surface area contributed by atoms with Gasteiger partial charge in [-0.05, 0) is 39.3 Å². The summed E-state index contributed by atoms with van der Waals surface area (Å²) < 4.78 is 29.3. The number of aromatic nitrogens is 2. The molecule has 1 N–H and O–H groups in total. The molecule has 2 rings (SSSR count). The van der Waals surface area contributed by atoms with Crippen molar-refractivity contribution in [3.05, 3.63) is 46.3 Å². The minimum atomic E-state index is -3.52. The lowest BCUT2D eigenvalue weighted by molar-refractivity contribution is 0.580. The number of rotatable bonds is 4. The molecule has 21 heavy (non-hydrogen) atoms. The molecule has 114 valence electrons. The topological polar surface area (TPSA) is 64.0 Å². The van der Waals surface area contributed by atoms with E-state index in [1.807, 2.05) is 46.9 Å². The summed E-state index contributed by atoms with van der Waals surface area (Å²) in [6.07, 6.45) is 0. The van der Waals surface area contributed by atoms with Crippen LogP contribution in [-0.4, -0.2) is 18.2 Å². The summed E-state index contributed by atoms with van der Waals surface area (Å²) in [6.45, 7) is 7.82. The van der Waals surface area contributed by atoms with Gasteiger partial charge in [-0.1, -0.05) is 17.7 Å². The highest BCUT2D eigenvalue weighted by Crippen LogP contribution is 2.18. The molecule has 0 amide bonds. The normalized spacial score (nSPS) is 11.9. The van der Waals surface area contributed by atoms with Crippen molar-refractivity contribution in [2.45, 2.75) is 39.1 Å². The zero-order valence-electron chi connectivity index (χ0n) is 13.1. The fourth-order valence-corrected chi connectivity index (χ4v) is 3.64. The second-order valence-corrected chi connectivity index (χ2v) is 7.10. The van der Waals surface area contributed by atoms with Crippen LogP contribution in [0.2, 0.25) is 0 Å². The zero-order valence-corrected chi connectivity index (χ0v) is 13.9. The fraction of sp³-hybridized carbons (Fsp3) is 0.400. The van der Waals surface area contributed by atoms with Crippen LogP contribution in [0.1, 0.15) is 28.1 Å². The van der Waals surface area contributed by atoms with Crippen LogP contribution < -0.4 is 4.72 Å². The van der Waals surface area contributed by atoms with Crippen molar-refractivity contribution in [2.24, 2.45) is 7.05 Å². The molecule has 0 saturated carbocycles. The van der Waals surface area contributed by atoms with E-state index < -0.39 is 10.0 Å². The van der Waals surface area contributed by atoms with Crippen LogP contribution >= 0.6 is 0 Å². The van der Waals surface area contributed by atoms with Gasteiger partial charge in [0.05, 0.1) is 10.6 Å². The predicted molar refractivity (Wildman–Crippen MR) is 82.6 cm³/mol. The van der Waals surface area contributed by atoms with Gasteiger partial charge >= 0.3 is 0 Å². The molecular weight excluding hydrogens is 286 g/mol. The van der Waals surface area contributed by atoms with E-state index >= 15 is 0 Å². The Hall–Kier alpha value is -1.66. The van der Waals surface area contributed by atoms with Gasteiger partial charge in [-0.15, -0.1) is 0 Å². The van der Waals surface area contributed by atoms with Gasteiger partial charge in [0.2, 0.25) is 10.0 Å². The van der Waals surface area contributed by atoms with Gasteiger partial charge < -0.3 is 0 Å². The predicted octanol–water partition coefficient (Wildman–Crippen LogP) is 2.13. The maximum Gasteiger partial charge on any atom is 0.241 e. The van der Waals surface area contributed by atoms with E-state index in [2.05, 4.69) is 9.82 Å². The van der Waals surface area contributed by atoms with Crippen molar-refractivity contribution in [1.82, 2.24) is 14.5 Å². The van der Waals surface area contributed by atoms with Gasteiger partial charge in [-0.3, -0.25) is 4.68 Å². The number of sulfonamides is 1. The molecule has 1 aromatic carbocycles. The van der Waals surface area contributed by atoms with E-state index in [1.54, 1.807) is 10.7 Å². The van der Waals surface area contributed by atoms with Crippen molar-refractivity contribution < 1.29 is 8.42 Å². The summed E-state index contributed by atoms with van der Waals surface area (Å²) in [6, 6.07) is 5.33. The van der Waals surface area contributed by atoms with Crippen LogP contribution in [0.25, 0.3) is 0 Å². The highest BCUT2D eigenvalue weighted by molar-refractivity contribution is 7.89. The molecule has 1 heterocycles. The molecule has 2 aromatic rings. The van der Waals surface area contributed by atoms with Crippen molar-refractivity contribution in [2.75, 3.05) is 0 Å². The van der Waals surface area contributed by atoms with Gasteiger partial charge in [-0.2, -0.15) is 5.10 Å². The summed E-state index contributed by atoms with van der Waals surface area (Å²) in [5.41, 5.74) is 4.53. The van der Waals surface area contributed by atoms with Crippen molar-refractivity contribution >= 4 is 10.0 Å². The maximum atomic E-state index is 12.4. The molecule has 1 aromatic heterocycles. The lowest BCUT2D eigenvalue weighted by atomic mass is 10.2. The molecule has 0 saturated heterocycles.